The average molecular weight is 302 g/mol. The first-order valence-corrected chi connectivity index (χ1v) is 6.38. The van der Waals surface area contributed by atoms with Crippen LogP contribution in [-0.2, 0) is 9.59 Å². The largest absolute Gasteiger partial charge is 0.481 e. The molecule has 0 aliphatic rings. The van der Waals surface area contributed by atoms with Crippen molar-refractivity contribution >= 4 is 23.5 Å². The zero-order valence-electron chi connectivity index (χ0n) is 10.9. The molecule has 1 rings (SSSR count). The van der Waals surface area contributed by atoms with Crippen molar-refractivity contribution in [3.05, 3.63) is 29.3 Å². The number of halogens is 1. The highest BCUT2D eigenvalue weighted by molar-refractivity contribution is 6.30. The first kappa shape index (κ1) is 16.3. The van der Waals surface area contributed by atoms with Gasteiger partial charge in [-0.1, -0.05) is 17.7 Å². The third-order valence-corrected chi connectivity index (χ3v) is 2.75. The Morgan fingerprint density at radius 2 is 2.15 bits per heavy atom. The zero-order chi connectivity index (χ0) is 15.1. The van der Waals surface area contributed by atoms with Crippen molar-refractivity contribution in [3.8, 4) is 5.75 Å². The minimum atomic E-state index is -1.21. The van der Waals surface area contributed by atoms with Crippen LogP contribution in [0.25, 0.3) is 0 Å². The molecule has 1 unspecified atom stereocenters. The molecule has 1 aromatic carbocycles. The Morgan fingerprint density at radius 1 is 1.45 bits per heavy atom. The zero-order valence-corrected chi connectivity index (χ0v) is 11.6. The number of hydrogen-bond donors (Lipinski definition) is 3. The fourth-order valence-electron chi connectivity index (χ4n) is 1.47. The molecule has 0 bridgehead atoms. The van der Waals surface area contributed by atoms with Crippen LogP contribution in [0.3, 0.4) is 0 Å². The molecule has 0 aromatic heterocycles. The molecular formula is C13H16ClNO5. The molecule has 1 aromatic rings. The van der Waals surface area contributed by atoms with Crippen molar-refractivity contribution < 1.29 is 24.5 Å². The fraction of sp³-hybridized carbons (Fsp3) is 0.385. The molecule has 0 saturated carbocycles. The lowest BCUT2D eigenvalue weighted by molar-refractivity contribution is -0.143. The Morgan fingerprint density at radius 3 is 2.70 bits per heavy atom. The minimum Gasteiger partial charge on any atom is -0.481 e. The van der Waals surface area contributed by atoms with E-state index < -0.39 is 24.0 Å². The predicted octanol–water partition coefficient (Wildman–Crippen LogP) is 1.06. The Kier molecular flexibility index (Phi) is 6.27. The van der Waals surface area contributed by atoms with Crippen LogP contribution in [0, 0.1) is 0 Å². The molecule has 6 nitrogen and oxygen atoms in total. The summed E-state index contributed by atoms with van der Waals surface area (Å²) in [5, 5.41) is 20.4. The van der Waals surface area contributed by atoms with E-state index in [2.05, 4.69) is 5.32 Å². The molecule has 0 heterocycles. The number of aliphatic carboxylic acids is 1. The van der Waals surface area contributed by atoms with Crippen molar-refractivity contribution in [2.75, 3.05) is 6.61 Å². The number of benzene rings is 1. The lowest BCUT2D eigenvalue weighted by Crippen LogP contribution is -2.46. The summed E-state index contributed by atoms with van der Waals surface area (Å²) >= 11 is 5.79. The van der Waals surface area contributed by atoms with Crippen molar-refractivity contribution in [3.63, 3.8) is 0 Å². The quantitative estimate of drug-likeness (QED) is 0.700. The van der Waals surface area contributed by atoms with Crippen molar-refractivity contribution in [1.29, 1.82) is 0 Å². The van der Waals surface area contributed by atoms with Crippen LogP contribution in [0.15, 0.2) is 24.3 Å². The van der Waals surface area contributed by atoms with Gasteiger partial charge in [-0.05, 0) is 25.1 Å². The molecule has 1 amide bonds. The van der Waals surface area contributed by atoms with Crippen LogP contribution in [0.4, 0.5) is 0 Å². The smallest absolute Gasteiger partial charge is 0.326 e. The van der Waals surface area contributed by atoms with Gasteiger partial charge in [0.1, 0.15) is 11.8 Å². The predicted molar refractivity (Wildman–Crippen MR) is 72.8 cm³/mol. The first-order valence-electron chi connectivity index (χ1n) is 6.00. The monoisotopic (exact) mass is 301 g/mol. The number of carbonyl (C=O) groups excluding carboxylic acids is 1. The van der Waals surface area contributed by atoms with E-state index in [-0.39, 0.29) is 13.0 Å². The van der Waals surface area contributed by atoms with Gasteiger partial charge in [0.15, 0.2) is 6.10 Å². The van der Waals surface area contributed by atoms with E-state index in [4.69, 9.17) is 26.6 Å². The number of rotatable bonds is 7. The molecule has 0 radical (unpaired) electrons. The number of hydrogen-bond acceptors (Lipinski definition) is 4. The van der Waals surface area contributed by atoms with E-state index in [0.29, 0.717) is 10.8 Å². The van der Waals surface area contributed by atoms with Gasteiger partial charge in [0.2, 0.25) is 0 Å². The number of ether oxygens (including phenoxy) is 1. The van der Waals surface area contributed by atoms with E-state index in [9.17, 15) is 9.59 Å². The van der Waals surface area contributed by atoms with Crippen molar-refractivity contribution in [1.82, 2.24) is 5.32 Å². The highest BCUT2D eigenvalue weighted by Gasteiger charge is 2.23. The summed E-state index contributed by atoms with van der Waals surface area (Å²) in [7, 11) is 0. The summed E-state index contributed by atoms with van der Waals surface area (Å²) in [6.07, 6.45) is -0.945. The maximum absolute atomic E-state index is 11.8. The molecule has 0 fully saturated rings. The van der Waals surface area contributed by atoms with Gasteiger partial charge in [-0.25, -0.2) is 4.79 Å². The summed E-state index contributed by atoms with van der Waals surface area (Å²) in [5.74, 6) is -1.37. The van der Waals surface area contributed by atoms with E-state index in [1.54, 1.807) is 24.3 Å². The third-order valence-electron chi connectivity index (χ3n) is 2.51. The van der Waals surface area contributed by atoms with Crippen LogP contribution in [0.1, 0.15) is 13.3 Å². The van der Waals surface area contributed by atoms with E-state index >= 15 is 0 Å². The van der Waals surface area contributed by atoms with Gasteiger partial charge in [-0.2, -0.15) is 0 Å². The Bertz CT molecular complexity index is 480. The van der Waals surface area contributed by atoms with Gasteiger partial charge in [-0.15, -0.1) is 0 Å². The number of carboxylic acid groups (broad SMARTS) is 1. The van der Waals surface area contributed by atoms with Crippen LogP contribution < -0.4 is 10.1 Å². The number of carboxylic acids is 1. The summed E-state index contributed by atoms with van der Waals surface area (Å²) in [6.45, 7) is 1.16. The Labute approximate surface area is 121 Å². The summed E-state index contributed by atoms with van der Waals surface area (Å²) in [6, 6.07) is 5.39. The number of nitrogens with one attached hydrogen (secondary N) is 1. The molecule has 2 atom stereocenters. The highest BCUT2D eigenvalue weighted by atomic mass is 35.5. The molecule has 3 N–H and O–H groups in total. The van der Waals surface area contributed by atoms with Gasteiger partial charge in [0.25, 0.3) is 5.91 Å². The third kappa shape index (κ3) is 5.07. The number of amides is 1. The first-order chi connectivity index (χ1) is 9.43. The van der Waals surface area contributed by atoms with Gasteiger partial charge < -0.3 is 20.3 Å². The van der Waals surface area contributed by atoms with Gasteiger partial charge >= 0.3 is 5.97 Å². The number of aliphatic hydroxyl groups is 1. The summed E-state index contributed by atoms with van der Waals surface area (Å²) < 4.78 is 5.36. The minimum absolute atomic E-state index is 0.0645. The van der Waals surface area contributed by atoms with E-state index in [1.165, 1.54) is 6.92 Å². The molecule has 110 valence electrons. The van der Waals surface area contributed by atoms with Gasteiger partial charge in [0.05, 0.1) is 0 Å². The molecule has 7 heteroatoms. The SMILES string of the molecule is CC(Oc1cccc(Cl)c1)C(=O)N[C@@H](CCO)C(=O)O. The Balaban J connectivity index is 2.60. The molecule has 0 spiro atoms. The summed E-state index contributed by atoms with van der Waals surface area (Å²) in [5.41, 5.74) is 0. The van der Waals surface area contributed by atoms with Crippen molar-refractivity contribution in [2.45, 2.75) is 25.5 Å². The fourth-order valence-corrected chi connectivity index (χ4v) is 1.65. The average Bonchev–Trinajstić information content (AvgIpc) is 2.37. The highest BCUT2D eigenvalue weighted by Crippen LogP contribution is 2.18. The van der Waals surface area contributed by atoms with E-state index in [0.717, 1.165) is 0 Å². The maximum Gasteiger partial charge on any atom is 0.326 e. The lowest BCUT2D eigenvalue weighted by atomic mass is 10.2. The van der Waals surface area contributed by atoms with Crippen LogP contribution >= 0.6 is 11.6 Å². The molecule has 20 heavy (non-hydrogen) atoms. The molecule has 0 saturated heterocycles. The lowest BCUT2D eigenvalue weighted by Gasteiger charge is -2.18. The Hall–Kier alpha value is -1.79. The molecular weight excluding hydrogens is 286 g/mol. The maximum atomic E-state index is 11.8. The van der Waals surface area contributed by atoms with Crippen LogP contribution in [0.5, 0.6) is 5.75 Å². The van der Waals surface area contributed by atoms with Crippen molar-refractivity contribution in [2.24, 2.45) is 0 Å². The second-order valence-electron chi connectivity index (χ2n) is 4.13. The number of aliphatic hydroxyl groups excluding tert-OH is 1. The molecule has 0 aliphatic heterocycles. The van der Waals surface area contributed by atoms with E-state index in [1.807, 2.05) is 0 Å². The van der Waals surface area contributed by atoms with Gasteiger partial charge in [0, 0.05) is 18.1 Å². The van der Waals surface area contributed by atoms with Crippen LogP contribution in [-0.4, -0.2) is 40.8 Å². The molecule has 0 aliphatic carbocycles. The van der Waals surface area contributed by atoms with Gasteiger partial charge in [-0.3, -0.25) is 4.79 Å². The van der Waals surface area contributed by atoms with Crippen LogP contribution in [0.2, 0.25) is 5.02 Å². The second-order valence-corrected chi connectivity index (χ2v) is 4.57. The standard InChI is InChI=1S/C13H16ClNO5/c1-8(20-10-4-2-3-9(14)7-10)12(17)15-11(5-6-16)13(18)19/h2-4,7-8,11,16H,5-6H2,1H3,(H,15,17)(H,18,19)/t8?,11-/m0/s1. The topological polar surface area (TPSA) is 95.9 Å². The normalized spacial score (nSPS) is 13.3. The summed E-state index contributed by atoms with van der Waals surface area (Å²) in [4.78, 5) is 22.7. The second kappa shape index (κ2) is 7.72. The number of carbonyl (C=O) groups is 2.